The van der Waals surface area contributed by atoms with Crippen LogP contribution in [0.2, 0.25) is 0 Å². The fourth-order valence-corrected chi connectivity index (χ4v) is 4.56. The van der Waals surface area contributed by atoms with E-state index in [1.165, 1.54) is 17.8 Å². The van der Waals surface area contributed by atoms with Gasteiger partial charge in [-0.15, -0.1) is 0 Å². The second-order valence-corrected chi connectivity index (χ2v) is 8.54. The van der Waals surface area contributed by atoms with Crippen LogP contribution in [0, 0.1) is 5.82 Å². The van der Waals surface area contributed by atoms with Gasteiger partial charge >= 0.3 is 0 Å². The summed E-state index contributed by atoms with van der Waals surface area (Å²) in [5, 5.41) is 0. The van der Waals surface area contributed by atoms with Gasteiger partial charge in [-0.3, -0.25) is 14.7 Å². The van der Waals surface area contributed by atoms with Gasteiger partial charge in [-0.2, -0.15) is 0 Å². The normalized spacial score (nSPS) is 17.5. The Hall–Kier alpha value is -2.99. The van der Waals surface area contributed by atoms with Gasteiger partial charge in [0.15, 0.2) is 0 Å². The third-order valence-corrected chi connectivity index (χ3v) is 6.56. The standard InChI is InChI=1S/C25H27FN4O/c26-21-4-2-20(3-5-21)25-22(18-6-10-27-11-7-18)16-23(28-25)19-8-14-29(15-9-19)17-24(31)30-12-1-13-30/h2-7,10-11,16,19,28H,1,8-9,12-15,17H2. The van der Waals surface area contributed by atoms with Crippen molar-refractivity contribution in [2.24, 2.45) is 0 Å². The topological polar surface area (TPSA) is 52.2 Å². The molecule has 5 rings (SSSR count). The molecular weight excluding hydrogens is 391 g/mol. The van der Waals surface area contributed by atoms with Gasteiger partial charge in [0, 0.05) is 42.7 Å². The smallest absolute Gasteiger partial charge is 0.236 e. The van der Waals surface area contributed by atoms with Gasteiger partial charge in [-0.1, -0.05) is 0 Å². The molecule has 2 aromatic heterocycles. The van der Waals surface area contributed by atoms with Crippen LogP contribution in [-0.2, 0) is 4.79 Å². The van der Waals surface area contributed by atoms with Gasteiger partial charge in [-0.25, -0.2) is 4.39 Å². The zero-order valence-corrected chi connectivity index (χ0v) is 17.6. The summed E-state index contributed by atoms with van der Waals surface area (Å²) in [6.07, 6.45) is 6.77. The molecule has 0 saturated carbocycles. The lowest BCUT2D eigenvalue weighted by Crippen LogP contribution is -2.48. The van der Waals surface area contributed by atoms with Gasteiger partial charge in [-0.05, 0) is 85.9 Å². The van der Waals surface area contributed by atoms with Crippen LogP contribution in [-0.4, -0.2) is 58.4 Å². The number of benzene rings is 1. The number of hydrogen-bond acceptors (Lipinski definition) is 3. The van der Waals surface area contributed by atoms with E-state index in [1.54, 1.807) is 12.4 Å². The molecule has 0 aliphatic carbocycles. The lowest BCUT2D eigenvalue weighted by molar-refractivity contribution is -0.136. The Kier molecular flexibility index (Phi) is 5.55. The average Bonchev–Trinajstić information content (AvgIpc) is 3.19. The summed E-state index contributed by atoms with van der Waals surface area (Å²) in [5.74, 6) is 0.453. The van der Waals surface area contributed by atoms with Crippen molar-refractivity contribution < 1.29 is 9.18 Å². The number of hydrogen-bond donors (Lipinski definition) is 1. The number of nitrogens with one attached hydrogen (secondary N) is 1. The number of H-pyrrole nitrogens is 1. The number of likely N-dealkylation sites (tertiary alicyclic amines) is 2. The summed E-state index contributed by atoms with van der Waals surface area (Å²) >= 11 is 0. The maximum Gasteiger partial charge on any atom is 0.236 e. The van der Waals surface area contributed by atoms with E-state index in [-0.39, 0.29) is 11.7 Å². The van der Waals surface area contributed by atoms with Crippen molar-refractivity contribution in [2.45, 2.75) is 25.2 Å². The number of carbonyl (C=O) groups excluding carboxylic acids is 1. The number of aromatic amines is 1. The Balaban J connectivity index is 1.35. The van der Waals surface area contributed by atoms with Crippen molar-refractivity contribution in [1.29, 1.82) is 0 Å². The second kappa shape index (κ2) is 8.63. The lowest BCUT2D eigenvalue weighted by Gasteiger charge is -2.35. The third kappa shape index (κ3) is 4.26. The molecule has 4 heterocycles. The molecule has 1 amide bonds. The minimum absolute atomic E-state index is 0.235. The summed E-state index contributed by atoms with van der Waals surface area (Å²) in [6, 6.07) is 12.9. The number of amides is 1. The van der Waals surface area contributed by atoms with Crippen LogP contribution in [0.5, 0.6) is 0 Å². The van der Waals surface area contributed by atoms with Crippen molar-refractivity contribution in [1.82, 2.24) is 19.8 Å². The van der Waals surface area contributed by atoms with E-state index in [2.05, 4.69) is 20.9 Å². The molecule has 0 unspecified atom stereocenters. The SMILES string of the molecule is O=C(CN1CCC(c2cc(-c3ccncc3)c(-c3ccc(F)cc3)[nH]2)CC1)N1CCC1. The second-order valence-electron chi connectivity index (χ2n) is 8.54. The molecule has 6 heteroatoms. The largest absolute Gasteiger partial charge is 0.358 e. The summed E-state index contributed by atoms with van der Waals surface area (Å²) in [6.45, 7) is 4.24. The minimum atomic E-state index is -0.235. The number of halogens is 1. The molecule has 1 N–H and O–H groups in total. The Morgan fingerprint density at radius 3 is 2.35 bits per heavy atom. The molecule has 1 aromatic carbocycles. The molecule has 2 fully saturated rings. The Labute approximate surface area is 181 Å². The van der Waals surface area contributed by atoms with Crippen molar-refractivity contribution in [3.8, 4) is 22.4 Å². The zero-order valence-electron chi connectivity index (χ0n) is 17.6. The van der Waals surface area contributed by atoms with Crippen molar-refractivity contribution in [3.63, 3.8) is 0 Å². The van der Waals surface area contributed by atoms with Crippen molar-refractivity contribution in [2.75, 3.05) is 32.7 Å². The molecule has 31 heavy (non-hydrogen) atoms. The summed E-state index contributed by atoms with van der Waals surface area (Å²) < 4.78 is 13.5. The van der Waals surface area contributed by atoms with Crippen molar-refractivity contribution >= 4 is 5.91 Å². The Morgan fingerprint density at radius 1 is 1.00 bits per heavy atom. The fraction of sp³-hybridized carbons (Fsp3) is 0.360. The highest BCUT2D eigenvalue weighted by Crippen LogP contribution is 2.37. The predicted molar refractivity (Wildman–Crippen MR) is 119 cm³/mol. The van der Waals surface area contributed by atoms with Gasteiger partial charge in [0.2, 0.25) is 5.91 Å². The van der Waals surface area contributed by atoms with E-state index >= 15 is 0 Å². The molecule has 0 radical (unpaired) electrons. The Bertz CT molecular complexity index is 1040. The van der Waals surface area contributed by atoms with E-state index in [0.29, 0.717) is 12.5 Å². The predicted octanol–water partition coefficient (Wildman–Crippen LogP) is 4.29. The number of carbonyl (C=O) groups is 1. The molecule has 2 saturated heterocycles. The maximum absolute atomic E-state index is 13.5. The Morgan fingerprint density at radius 2 is 1.71 bits per heavy atom. The molecule has 2 aliphatic heterocycles. The highest BCUT2D eigenvalue weighted by atomic mass is 19.1. The number of rotatable bonds is 5. The van der Waals surface area contributed by atoms with E-state index in [9.17, 15) is 9.18 Å². The maximum atomic E-state index is 13.5. The van der Waals surface area contributed by atoms with Crippen LogP contribution in [0.15, 0.2) is 54.9 Å². The monoisotopic (exact) mass is 418 g/mol. The number of nitrogens with zero attached hydrogens (tertiary/aromatic N) is 3. The van der Waals surface area contributed by atoms with E-state index < -0.39 is 0 Å². The molecule has 160 valence electrons. The molecule has 3 aromatic rings. The molecule has 0 atom stereocenters. The van der Waals surface area contributed by atoms with E-state index in [1.807, 2.05) is 29.2 Å². The first-order valence-corrected chi connectivity index (χ1v) is 11.1. The fourth-order valence-electron chi connectivity index (χ4n) is 4.56. The van der Waals surface area contributed by atoms with Gasteiger partial charge in [0.25, 0.3) is 0 Å². The molecular formula is C25H27FN4O. The van der Waals surface area contributed by atoms with Gasteiger partial charge in [0.05, 0.1) is 12.2 Å². The zero-order chi connectivity index (χ0) is 21.2. The number of piperidine rings is 1. The summed E-state index contributed by atoms with van der Waals surface area (Å²) in [7, 11) is 0. The molecule has 0 spiro atoms. The number of pyridine rings is 1. The van der Waals surface area contributed by atoms with Crippen LogP contribution in [0.1, 0.15) is 30.9 Å². The van der Waals surface area contributed by atoms with Gasteiger partial charge in [0.1, 0.15) is 5.82 Å². The molecule has 5 nitrogen and oxygen atoms in total. The lowest BCUT2D eigenvalue weighted by atomic mass is 9.93. The van der Waals surface area contributed by atoms with Crippen molar-refractivity contribution in [3.05, 3.63) is 66.4 Å². The average molecular weight is 419 g/mol. The van der Waals surface area contributed by atoms with Crippen LogP contribution < -0.4 is 0 Å². The highest BCUT2D eigenvalue weighted by molar-refractivity contribution is 5.82. The first-order valence-electron chi connectivity index (χ1n) is 11.1. The van der Waals surface area contributed by atoms with Crippen LogP contribution in [0.4, 0.5) is 4.39 Å². The van der Waals surface area contributed by atoms with Gasteiger partial charge < -0.3 is 9.88 Å². The number of aromatic nitrogens is 2. The molecule has 0 bridgehead atoms. The van der Waals surface area contributed by atoms with Crippen LogP contribution >= 0.6 is 0 Å². The summed E-state index contributed by atoms with van der Waals surface area (Å²) in [5.41, 5.74) is 5.39. The molecule has 2 aliphatic rings. The van der Waals surface area contributed by atoms with Crippen LogP contribution in [0.3, 0.4) is 0 Å². The first-order chi connectivity index (χ1) is 15.2. The summed E-state index contributed by atoms with van der Waals surface area (Å²) in [4.78, 5) is 24.3. The van der Waals surface area contributed by atoms with E-state index in [0.717, 1.165) is 67.8 Å². The third-order valence-electron chi connectivity index (χ3n) is 6.56. The minimum Gasteiger partial charge on any atom is -0.358 e. The highest BCUT2D eigenvalue weighted by Gasteiger charge is 2.27. The quantitative estimate of drug-likeness (QED) is 0.672. The van der Waals surface area contributed by atoms with E-state index in [4.69, 9.17) is 0 Å². The first kappa shape index (κ1) is 19.9. The van der Waals surface area contributed by atoms with Crippen LogP contribution in [0.25, 0.3) is 22.4 Å².